The summed E-state index contributed by atoms with van der Waals surface area (Å²) in [4.78, 5) is 39.3. The van der Waals surface area contributed by atoms with Crippen LogP contribution < -0.4 is 10.2 Å². The fraction of sp³-hybridized carbons (Fsp3) is 0.526. The summed E-state index contributed by atoms with van der Waals surface area (Å²) in [5.74, 6) is -0.736. The Morgan fingerprint density at radius 2 is 1.96 bits per heavy atom. The number of carbonyl (C=O) groups excluding carboxylic acids is 3. The Kier molecular flexibility index (Phi) is 7.26. The van der Waals surface area contributed by atoms with Crippen molar-refractivity contribution in [2.75, 3.05) is 30.3 Å². The van der Waals surface area contributed by atoms with E-state index in [9.17, 15) is 14.4 Å². The van der Waals surface area contributed by atoms with E-state index in [2.05, 4.69) is 5.32 Å². The van der Waals surface area contributed by atoms with Crippen molar-refractivity contribution >= 4 is 35.3 Å². The molecule has 27 heavy (non-hydrogen) atoms. The lowest BCUT2D eigenvalue weighted by molar-refractivity contribution is -0.153. The van der Waals surface area contributed by atoms with Gasteiger partial charge in [0, 0.05) is 10.6 Å². The van der Waals surface area contributed by atoms with Crippen LogP contribution in [-0.4, -0.2) is 54.9 Å². The lowest BCUT2D eigenvalue weighted by Crippen LogP contribution is -2.50. The first-order valence-corrected chi connectivity index (χ1v) is 9.84. The lowest BCUT2D eigenvalue weighted by Gasteiger charge is -2.27. The van der Waals surface area contributed by atoms with E-state index in [0.29, 0.717) is 11.4 Å². The number of hydrogen-bond acceptors (Lipinski definition) is 7. The largest absolute Gasteiger partial charge is 0.465 e. The van der Waals surface area contributed by atoms with Crippen molar-refractivity contribution in [3.63, 3.8) is 0 Å². The number of fused-ring (bicyclic) bond motifs is 1. The molecule has 0 aliphatic carbocycles. The van der Waals surface area contributed by atoms with Crippen molar-refractivity contribution in [1.82, 2.24) is 5.32 Å². The summed E-state index contributed by atoms with van der Waals surface area (Å²) < 4.78 is 10.3. The number of rotatable bonds is 6. The number of amides is 1. The monoisotopic (exact) mass is 394 g/mol. The predicted octanol–water partition coefficient (Wildman–Crippen LogP) is 1.99. The lowest BCUT2D eigenvalue weighted by atomic mass is 10.2. The van der Waals surface area contributed by atoms with E-state index < -0.39 is 23.6 Å². The number of anilines is 1. The van der Waals surface area contributed by atoms with E-state index in [1.165, 1.54) is 16.7 Å². The minimum atomic E-state index is -0.637. The highest BCUT2D eigenvalue weighted by Gasteiger charge is 2.33. The van der Waals surface area contributed by atoms with Gasteiger partial charge >= 0.3 is 11.9 Å². The normalized spacial score (nSPS) is 17.1. The zero-order valence-corrected chi connectivity index (χ0v) is 16.9. The second-order valence-electron chi connectivity index (χ2n) is 7.03. The summed E-state index contributed by atoms with van der Waals surface area (Å²) in [5.41, 5.74) is 0.0285. The Morgan fingerprint density at radius 1 is 1.26 bits per heavy atom. The molecule has 0 fully saturated rings. The van der Waals surface area contributed by atoms with Crippen LogP contribution >= 0.6 is 11.8 Å². The minimum Gasteiger partial charge on any atom is -0.465 e. The molecule has 8 heteroatoms. The molecular weight excluding hydrogens is 368 g/mol. The number of esters is 2. The van der Waals surface area contributed by atoms with Crippen LogP contribution in [0.3, 0.4) is 0 Å². The molecule has 7 nitrogen and oxygen atoms in total. The number of benzene rings is 1. The van der Waals surface area contributed by atoms with E-state index in [1.807, 2.05) is 18.2 Å². The van der Waals surface area contributed by atoms with Gasteiger partial charge in [-0.25, -0.2) is 0 Å². The van der Waals surface area contributed by atoms with Crippen molar-refractivity contribution in [2.45, 2.75) is 44.2 Å². The number of thioether (sulfide) groups is 1. The number of carbonyl (C=O) groups is 3. The summed E-state index contributed by atoms with van der Waals surface area (Å²) in [6, 6.07) is 6.80. The maximum absolute atomic E-state index is 13.1. The first-order chi connectivity index (χ1) is 12.7. The van der Waals surface area contributed by atoms with Gasteiger partial charge in [-0.3, -0.25) is 24.6 Å². The minimum absolute atomic E-state index is 0.0680. The van der Waals surface area contributed by atoms with E-state index in [4.69, 9.17) is 9.47 Å². The smallest absolute Gasteiger partial charge is 0.326 e. The second kappa shape index (κ2) is 9.23. The molecule has 1 aromatic carbocycles. The molecule has 1 amide bonds. The summed E-state index contributed by atoms with van der Waals surface area (Å²) >= 11 is 1.50. The van der Waals surface area contributed by atoms with Crippen molar-refractivity contribution in [2.24, 2.45) is 0 Å². The van der Waals surface area contributed by atoms with Gasteiger partial charge < -0.3 is 9.47 Å². The standard InChI is InChI=1S/C19H26N2O5S/c1-5-25-16(22)10-20-13-12-27-15-9-7-6-8-14(15)21(18(13)24)11-17(23)26-19(2,3)4/h6-9,13,20H,5,10-12H2,1-4H3/t13-/m0/s1. The van der Waals surface area contributed by atoms with E-state index >= 15 is 0 Å². The zero-order chi connectivity index (χ0) is 20.0. The number of para-hydroxylation sites is 1. The topological polar surface area (TPSA) is 84.9 Å². The third-order valence-corrected chi connectivity index (χ3v) is 4.79. The van der Waals surface area contributed by atoms with Crippen molar-refractivity contribution in [1.29, 1.82) is 0 Å². The van der Waals surface area contributed by atoms with Gasteiger partial charge in [-0.2, -0.15) is 0 Å². The Bertz CT molecular complexity index is 702. The fourth-order valence-electron chi connectivity index (χ4n) is 2.58. The van der Waals surface area contributed by atoms with Crippen LogP contribution in [0.4, 0.5) is 5.69 Å². The second-order valence-corrected chi connectivity index (χ2v) is 8.09. The molecule has 1 aromatic rings. The number of hydrogen-bond donors (Lipinski definition) is 1. The van der Waals surface area contributed by atoms with Crippen LogP contribution in [-0.2, 0) is 23.9 Å². The molecule has 0 unspecified atom stereocenters. The van der Waals surface area contributed by atoms with Gasteiger partial charge in [0.2, 0.25) is 5.91 Å². The molecule has 1 heterocycles. The van der Waals surface area contributed by atoms with Crippen molar-refractivity contribution in [3.05, 3.63) is 24.3 Å². The van der Waals surface area contributed by atoms with Crippen molar-refractivity contribution < 1.29 is 23.9 Å². The maximum atomic E-state index is 13.1. The highest BCUT2D eigenvalue weighted by molar-refractivity contribution is 7.99. The summed E-state index contributed by atoms with van der Waals surface area (Å²) in [6.45, 7) is 7.09. The summed E-state index contributed by atoms with van der Waals surface area (Å²) in [7, 11) is 0. The van der Waals surface area contributed by atoms with Crippen LogP contribution in [0.1, 0.15) is 27.7 Å². The maximum Gasteiger partial charge on any atom is 0.326 e. The van der Waals surface area contributed by atoms with Gasteiger partial charge in [0.05, 0.1) is 24.9 Å². The van der Waals surface area contributed by atoms with Crippen LogP contribution in [0, 0.1) is 0 Å². The number of nitrogens with one attached hydrogen (secondary N) is 1. The first kappa shape index (κ1) is 21.2. The van der Waals surface area contributed by atoms with E-state index in [-0.39, 0.29) is 25.6 Å². The van der Waals surface area contributed by atoms with Gasteiger partial charge in [0.15, 0.2) is 0 Å². The Labute approximate surface area is 163 Å². The van der Waals surface area contributed by atoms with Crippen LogP contribution in [0.2, 0.25) is 0 Å². The summed E-state index contributed by atoms with van der Waals surface area (Å²) in [5, 5.41) is 2.94. The molecule has 0 bridgehead atoms. The molecule has 0 aromatic heterocycles. The van der Waals surface area contributed by atoms with Crippen molar-refractivity contribution in [3.8, 4) is 0 Å². The quantitative estimate of drug-likeness (QED) is 0.739. The van der Waals surface area contributed by atoms with Gasteiger partial charge in [-0.05, 0) is 39.8 Å². The van der Waals surface area contributed by atoms with Crippen LogP contribution in [0.25, 0.3) is 0 Å². The Hall–Kier alpha value is -2.06. The molecule has 0 saturated heterocycles. The molecule has 0 spiro atoms. The molecule has 0 saturated carbocycles. The highest BCUT2D eigenvalue weighted by atomic mass is 32.2. The van der Waals surface area contributed by atoms with Crippen LogP contribution in [0.5, 0.6) is 0 Å². The molecule has 1 N–H and O–H groups in total. The van der Waals surface area contributed by atoms with Gasteiger partial charge in [-0.15, -0.1) is 11.8 Å². The molecule has 1 aliphatic rings. The number of ether oxygens (including phenoxy) is 2. The Balaban J connectivity index is 2.19. The fourth-order valence-corrected chi connectivity index (χ4v) is 3.69. The predicted molar refractivity (Wildman–Crippen MR) is 104 cm³/mol. The van der Waals surface area contributed by atoms with Gasteiger partial charge in [0.1, 0.15) is 12.1 Å². The van der Waals surface area contributed by atoms with E-state index in [0.717, 1.165) is 4.90 Å². The molecule has 0 radical (unpaired) electrons. The first-order valence-electron chi connectivity index (χ1n) is 8.85. The average molecular weight is 394 g/mol. The molecule has 2 rings (SSSR count). The molecule has 1 aliphatic heterocycles. The van der Waals surface area contributed by atoms with Gasteiger partial charge in [-0.1, -0.05) is 12.1 Å². The third kappa shape index (κ3) is 6.25. The van der Waals surface area contributed by atoms with Gasteiger partial charge in [0.25, 0.3) is 0 Å². The molecule has 148 valence electrons. The zero-order valence-electron chi connectivity index (χ0n) is 16.1. The average Bonchev–Trinajstić information content (AvgIpc) is 2.70. The van der Waals surface area contributed by atoms with E-state index in [1.54, 1.807) is 33.8 Å². The highest BCUT2D eigenvalue weighted by Crippen LogP contribution is 2.34. The summed E-state index contributed by atoms with van der Waals surface area (Å²) in [6.07, 6.45) is 0. The number of nitrogens with zero attached hydrogens (tertiary/aromatic N) is 1. The van der Waals surface area contributed by atoms with Crippen LogP contribution in [0.15, 0.2) is 29.2 Å². The third-order valence-electron chi connectivity index (χ3n) is 3.63. The molecular formula is C19H26N2O5S. The SMILES string of the molecule is CCOC(=O)CN[C@H]1CSc2ccccc2N(CC(=O)OC(C)(C)C)C1=O. The molecule has 1 atom stereocenters. The Morgan fingerprint density at radius 3 is 2.63 bits per heavy atom.